The summed E-state index contributed by atoms with van der Waals surface area (Å²) < 4.78 is 1.37. The number of anilines is 1. The smallest absolute Gasteiger partial charge is 0.322 e. The molecule has 0 fully saturated rings. The SMILES string of the molecule is CCCCN(C)C(=O)Nc1nccn(C)c1=O. The average Bonchev–Trinajstić information content (AvgIpc) is 2.31. The van der Waals surface area contributed by atoms with E-state index in [-0.39, 0.29) is 17.4 Å². The number of amides is 2. The van der Waals surface area contributed by atoms with E-state index < -0.39 is 0 Å². The molecule has 0 bridgehead atoms. The van der Waals surface area contributed by atoms with E-state index in [2.05, 4.69) is 17.2 Å². The van der Waals surface area contributed by atoms with Crippen molar-refractivity contribution in [3.63, 3.8) is 0 Å². The normalized spacial score (nSPS) is 10.1. The molecule has 0 aliphatic heterocycles. The van der Waals surface area contributed by atoms with Gasteiger partial charge in [0, 0.05) is 33.0 Å². The Hall–Kier alpha value is -1.85. The predicted molar refractivity (Wildman–Crippen MR) is 66.0 cm³/mol. The fraction of sp³-hybridized carbons (Fsp3) is 0.545. The summed E-state index contributed by atoms with van der Waals surface area (Å²) in [5.74, 6) is 0.0587. The van der Waals surface area contributed by atoms with Crippen LogP contribution in [0.1, 0.15) is 19.8 Å². The van der Waals surface area contributed by atoms with Crippen LogP contribution >= 0.6 is 0 Å². The van der Waals surface area contributed by atoms with E-state index >= 15 is 0 Å². The van der Waals surface area contributed by atoms with Crippen LogP contribution in [0.25, 0.3) is 0 Å². The van der Waals surface area contributed by atoms with Crippen molar-refractivity contribution in [2.45, 2.75) is 19.8 Å². The summed E-state index contributed by atoms with van der Waals surface area (Å²) in [5, 5.41) is 2.50. The molecule has 1 heterocycles. The Morgan fingerprint density at radius 1 is 1.59 bits per heavy atom. The fourth-order valence-corrected chi connectivity index (χ4v) is 1.28. The maximum absolute atomic E-state index is 11.7. The highest BCUT2D eigenvalue weighted by atomic mass is 16.2. The molecule has 1 aromatic rings. The summed E-state index contributed by atoms with van der Waals surface area (Å²) in [6.45, 7) is 2.72. The van der Waals surface area contributed by atoms with Crippen LogP contribution in [-0.4, -0.2) is 34.1 Å². The lowest BCUT2D eigenvalue weighted by atomic mass is 10.3. The molecule has 0 aromatic carbocycles. The minimum Gasteiger partial charge on any atom is -0.328 e. The summed E-state index contributed by atoms with van der Waals surface area (Å²) in [4.78, 5) is 28.7. The van der Waals surface area contributed by atoms with E-state index in [1.165, 1.54) is 15.7 Å². The van der Waals surface area contributed by atoms with Gasteiger partial charge in [-0.1, -0.05) is 13.3 Å². The maximum Gasteiger partial charge on any atom is 0.322 e. The molecule has 0 radical (unpaired) electrons. The summed E-state index contributed by atoms with van der Waals surface area (Å²) >= 11 is 0. The molecule has 6 heteroatoms. The molecule has 0 spiro atoms. The Balaban J connectivity index is 2.68. The fourth-order valence-electron chi connectivity index (χ4n) is 1.28. The molecular weight excluding hydrogens is 220 g/mol. The number of hydrogen-bond acceptors (Lipinski definition) is 3. The summed E-state index contributed by atoms with van der Waals surface area (Å²) in [7, 11) is 3.30. The molecule has 2 amide bonds. The summed E-state index contributed by atoms with van der Waals surface area (Å²) in [6, 6.07) is -0.311. The van der Waals surface area contributed by atoms with Gasteiger partial charge in [-0.15, -0.1) is 0 Å². The van der Waals surface area contributed by atoms with Gasteiger partial charge in [0.05, 0.1) is 0 Å². The van der Waals surface area contributed by atoms with Gasteiger partial charge in [-0.2, -0.15) is 0 Å². The zero-order chi connectivity index (χ0) is 12.8. The predicted octanol–water partition coefficient (Wildman–Crippen LogP) is 1.04. The molecule has 0 atom stereocenters. The first-order chi connectivity index (χ1) is 8.06. The Morgan fingerprint density at radius 3 is 2.94 bits per heavy atom. The van der Waals surface area contributed by atoms with Crippen molar-refractivity contribution in [3.05, 3.63) is 22.7 Å². The first-order valence-corrected chi connectivity index (χ1v) is 5.60. The topological polar surface area (TPSA) is 67.2 Å². The third-order valence-corrected chi connectivity index (χ3v) is 2.44. The number of carbonyl (C=O) groups is 1. The van der Waals surface area contributed by atoms with Gasteiger partial charge in [0.1, 0.15) is 0 Å². The van der Waals surface area contributed by atoms with Crippen LogP contribution in [0.3, 0.4) is 0 Å². The van der Waals surface area contributed by atoms with Crippen LogP contribution in [-0.2, 0) is 7.05 Å². The van der Waals surface area contributed by atoms with Gasteiger partial charge in [0.15, 0.2) is 0 Å². The molecule has 1 aromatic heterocycles. The molecule has 1 N–H and O–H groups in total. The van der Waals surface area contributed by atoms with Gasteiger partial charge in [-0.05, 0) is 6.42 Å². The monoisotopic (exact) mass is 238 g/mol. The molecule has 94 valence electrons. The molecule has 0 saturated carbocycles. The Labute approximate surface area is 100 Å². The van der Waals surface area contributed by atoms with E-state index in [9.17, 15) is 9.59 Å². The number of nitrogens with zero attached hydrogens (tertiary/aromatic N) is 3. The first kappa shape index (κ1) is 13.2. The second-order valence-corrected chi connectivity index (χ2v) is 3.90. The van der Waals surface area contributed by atoms with Gasteiger partial charge in [-0.25, -0.2) is 9.78 Å². The number of carbonyl (C=O) groups excluding carboxylic acids is 1. The third-order valence-electron chi connectivity index (χ3n) is 2.44. The van der Waals surface area contributed by atoms with E-state index in [4.69, 9.17) is 0 Å². The van der Waals surface area contributed by atoms with Gasteiger partial charge >= 0.3 is 6.03 Å². The van der Waals surface area contributed by atoms with Crippen molar-refractivity contribution < 1.29 is 4.79 Å². The second-order valence-electron chi connectivity index (χ2n) is 3.90. The highest BCUT2D eigenvalue weighted by Crippen LogP contribution is 1.97. The van der Waals surface area contributed by atoms with Gasteiger partial charge in [-0.3, -0.25) is 10.1 Å². The van der Waals surface area contributed by atoms with Crippen LogP contribution in [0.5, 0.6) is 0 Å². The van der Waals surface area contributed by atoms with Crippen LogP contribution in [0.4, 0.5) is 10.6 Å². The zero-order valence-electron chi connectivity index (χ0n) is 10.4. The molecule has 17 heavy (non-hydrogen) atoms. The van der Waals surface area contributed by atoms with Crippen LogP contribution in [0, 0.1) is 0 Å². The molecule has 1 rings (SSSR count). The number of hydrogen-bond donors (Lipinski definition) is 1. The zero-order valence-corrected chi connectivity index (χ0v) is 10.4. The molecule has 0 aliphatic rings. The number of nitrogens with one attached hydrogen (secondary N) is 1. The van der Waals surface area contributed by atoms with E-state index in [1.54, 1.807) is 20.3 Å². The maximum atomic E-state index is 11.7. The van der Waals surface area contributed by atoms with Crippen molar-refractivity contribution >= 4 is 11.8 Å². The number of urea groups is 1. The lowest BCUT2D eigenvalue weighted by molar-refractivity contribution is 0.221. The van der Waals surface area contributed by atoms with Crippen molar-refractivity contribution in [2.75, 3.05) is 18.9 Å². The molecule has 0 unspecified atom stereocenters. The number of rotatable bonds is 4. The lowest BCUT2D eigenvalue weighted by Crippen LogP contribution is -2.35. The number of aromatic nitrogens is 2. The first-order valence-electron chi connectivity index (χ1n) is 5.60. The Bertz CT molecular complexity index is 441. The van der Waals surface area contributed by atoms with Gasteiger partial charge < -0.3 is 9.47 Å². The highest BCUT2D eigenvalue weighted by Gasteiger charge is 2.11. The van der Waals surface area contributed by atoms with Crippen LogP contribution in [0.15, 0.2) is 17.2 Å². The van der Waals surface area contributed by atoms with Gasteiger partial charge in [0.25, 0.3) is 5.56 Å². The highest BCUT2D eigenvalue weighted by molar-refractivity contribution is 5.87. The van der Waals surface area contributed by atoms with Crippen molar-refractivity contribution in [1.82, 2.24) is 14.5 Å². The molecular formula is C11H18N4O2. The van der Waals surface area contributed by atoms with Crippen molar-refractivity contribution in [2.24, 2.45) is 7.05 Å². The van der Waals surface area contributed by atoms with Crippen molar-refractivity contribution in [3.8, 4) is 0 Å². The van der Waals surface area contributed by atoms with E-state index in [0.717, 1.165) is 12.8 Å². The largest absolute Gasteiger partial charge is 0.328 e. The van der Waals surface area contributed by atoms with Gasteiger partial charge in [0.2, 0.25) is 5.82 Å². The Kier molecular flexibility index (Phi) is 4.68. The van der Waals surface area contributed by atoms with Crippen molar-refractivity contribution in [1.29, 1.82) is 0 Å². The molecule has 0 saturated heterocycles. The van der Waals surface area contributed by atoms with Crippen LogP contribution < -0.4 is 10.9 Å². The number of unbranched alkanes of at least 4 members (excludes halogenated alkanes) is 1. The summed E-state index contributed by atoms with van der Waals surface area (Å²) in [5.41, 5.74) is -0.315. The molecule has 6 nitrogen and oxygen atoms in total. The second kappa shape index (κ2) is 6.03. The van der Waals surface area contributed by atoms with E-state index in [1.807, 2.05) is 0 Å². The standard InChI is InChI=1S/C11H18N4O2/c1-4-5-7-15(3)11(17)13-9-10(16)14(2)8-6-12-9/h6,8H,4-5,7H2,1-3H3,(H,12,13,17). The minimum absolute atomic E-state index is 0.0587. The van der Waals surface area contributed by atoms with Crippen LogP contribution in [0.2, 0.25) is 0 Å². The Morgan fingerprint density at radius 2 is 2.29 bits per heavy atom. The average molecular weight is 238 g/mol. The minimum atomic E-state index is -0.315. The van der Waals surface area contributed by atoms with E-state index in [0.29, 0.717) is 6.54 Å². The molecule has 0 aliphatic carbocycles. The third kappa shape index (κ3) is 3.58. The quantitative estimate of drug-likeness (QED) is 0.852. The number of aryl methyl sites for hydroxylation is 1. The summed E-state index contributed by atoms with van der Waals surface area (Å²) in [6.07, 6.45) is 4.97. The lowest BCUT2D eigenvalue weighted by Gasteiger charge is -2.16.